The minimum Gasteiger partial charge on any atom is -0.494 e. The van der Waals surface area contributed by atoms with Crippen molar-refractivity contribution >= 4 is 0 Å². The molecule has 1 atom stereocenters. The summed E-state index contributed by atoms with van der Waals surface area (Å²) in [7, 11) is 0. The standard InChI is InChI=1S/C11H17F3O/c1-3-5-7-10(6-4-2)15-9-8-11(12,13)14/h4,6,8-10H,3,5,7H2,1-2H3/b6-4+,9-8?. The molecule has 0 aromatic rings. The van der Waals surface area contributed by atoms with Crippen molar-refractivity contribution in [1.82, 2.24) is 0 Å². The second-order valence-corrected chi connectivity index (χ2v) is 3.19. The summed E-state index contributed by atoms with van der Waals surface area (Å²) in [5.41, 5.74) is 0. The van der Waals surface area contributed by atoms with Gasteiger partial charge in [0.25, 0.3) is 0 Å². The van der Waals surface area contributed by atoms with Crippen LogP contribution in [-0.4, -0.2) is 12.3 Å². The fraction of sp³-hybridized carbons (Fsp3) is 0.636. The van der Waals surface area contributed by atoms with E-state index in [1.165, 1.54) is 0 Å². The first-order valence-corrected chi connectivity index (χ1v) is 5.02. The molecule has 0 aliphatic carbocycles. The number of rotatable bonds is 6. The molecule has 0 heterocycles. The Bertz CT molecular complexity index is 206. The lowest BCUT2D eigenvalue weighted by molar-refractivity contribution is -0.0819. The lowest BCUT2D eigenvalue weighted by Gasteiger charge is -2.11. The Morgan fingerprint density at radius 2 is 2.00 bits per heavy atom. The topological polar surface area (TPSA) is 9.23 Å². The van der Waals surface area contributed by atoms with E-state index in [4.69, 9.17) is 4.74 Å². The van der Waals surface area contributed by atoms with Gasteiger partial charge in [0.15, 0.2) is 0 Å². The maximum absolute atomic E-state index is 11.8. The predicted octanol–water partition coefficient (Wildman–Crippen LogP) is 4.21. The molecular weight excluding hydrogens is 205 g/mol. The van der Waals surface area contributed by atoms with Gasteiger partial charge >= 0.3 is 6.18 Å². The minimum absolute atomic E-state index is 0.107. The van der Waals surface area contributed by atoms with E-state index in [9.17, 15) is 13.2 Å². The van der Waals surface area contributed by atoms with E-state index >= 15 is 0 Å². The Kier molecular flexibility index (Phi) is 6.92. The average molecular weight is 222 g/mol. The zero-order valence-corrected chi connectivity index (χ0v) is 9.05. The number of hydrogen-bond acceptors (Lipinski definition) is 1. The summed E-state index contributed by atoms with van der Waals surface area (Å²) in [6.07, 6.45) is 2.49. The van der Waals surface area contributed by atoms with Crippen molar-refractivity contribution in [3.63, 3.8) is 0 Å². The summed E-state index contributed by atoms with van der Waals surface area (Å²) in [6.45, 7) is 3.84. The molecule has 0 aromatic carbocycles. The van der Waals surface area contributed by atoms with Crippen LogP contribution in [0.3, 0.4) is 0 Å². The zero-order valence-electron chi connectivity index (χ0n) is 9.05. The molecule has 0 N–H and O–H groups in total. The van der Waals surface area contributed by atoms with Crippen molar-refractivity contribution in [1.29, 1.82) is 0 Å². The third-order valence-electron chi connectivity index (χ3n) is 1.76. The van der Waals surface area contributed by atoms with Crippen molar-refractivity contribution in [3.05, 3.63) is 24.5 Å². The van der Waals surface area contributed by atoms with Crippen LogP contribution in [0.1, 0.15) is 33.1 Å². The molecule has 15 heavy (non-hydrogen) atoms. The SMILES string of the molecule is C/C=C/C(CCCC)OC=CC(F)(F)F. The molecule has 0 amide bonds. The normalized spacial score (nSPS) is 15.0. The molecule has 1 nitrogen and oxygen atoms in total. The van der Waals surface area contributed by atoms with E-state index in [0.29, 0.717) is 0 Å². The molecular formula is C11H17F3O. The molecule has 4 heteroatoms. The quantitative estimate of drug-likeness (QED) is 0.483. The van der Waals surface area contributed by atoms with E-state index in [1.807, 2.05) is 13.8 Å². The maximum Gasteiger partial charge on any atom is 0.412 e. The number of hydrogen-bond donors (Lipinski definition) is 0. The third-order valence-corrected chi connectivity index (χ3v) is 1.76. The first kappa shape index (κ1) is 14.1. The number of ether oxygens (including phenoxy) is 1. The van der Waals surface area contributed by atoms with Gasteiger partial charge < -0.3 is 4.74 Å². The van der Waals surface area contributed by atoms with Gasteiger partial charge in [-0.1, -0.05) is 19.4 Å². The first-order chi connectivity index (χ1) is 6.99. The van der Waals surface area contributed by atoms with Crippen LogP contribution in [0.2, 0.25) is 0 Å². The van der Waals surface area contributed by atoms with Crippen molar-refractivity contribution < 1.29 is 17.9 Å². The van der Waals surface area contributed by atoms with Crippen molar-refractivity contribution in [2.45, 2.75) is 45.4 Å². The largest absolute Gasteiger partial charge is 0.494 e. The summed E-state index contributed by atoms with van der Waals surface area (Å²) < 4.78 is 40.3. The number of halogens is 3. The fourth-order valence-corrected chi connectivity index (χ4v) is 1.05. The van der Waals surface area contributed by atoms with Crippen LogP contribution in [0.4, 0.5) is 13.2 Å². The van der Waals surface area contributed by atoms with Gasteiger partial charge in [0, 0.05) is 0 Å². The van der Waals surface area contributed by atoms with Gasteiger partial charge in [0.05, 0.1) is 12.3 Å². The van der Waals surface area contributed by atoms with E-state index in [2.05, 4.69) is 0 Å². The highest BCUT2D eigenvalue weighted by atomic mass is 19.4. The molecule has 0 fully saturated rings. The molecule has 0 aromatic heterocycles. The summed E-state index contributed by atoms with van der Waals surface area (Å²) >= 11 is 0. The Hall–Kier alpha value is -0.930. The Labute approximate surface area is 88.6 Å². The van der Waals surface area contributed by atoms with E-state index in [0.717, 1.165) is 25.5 Å². The first-order valence-electron chi connectivity index (χ1n) is 5.02. The molecule has 0 spiro atoms. The zero-order chi connectivity index (χ0) is 11.7. The monoisotopic (exact) mass is 222 g/mol. The van der Waals surface area contributed by atoms with Crippen molar-refractivity contribution in [2.75, 3.05) is 0 Å². The van der Waals surface area contributed by atoms with Gasteiger partial charge in [0.2, 0.25) is 0 Å². The Morgan fingerprint density at radius 3 is 2.47 bits per heavy atom. The third kappa shape index (κ3) is 9.38. The second kappa shape index (κ2) is 7.37. The molecule has 0 aliphatic rings. The Morgan fingerprint density at radius 1 is 1.33 bits per heavy atom. The number of allylic oxidation sites excluding steroid dienone is 2. The summed E-state index contributed by atoms with van der Waals surface area (Å²) in [6, 6.07) is 0. The molecule has 88 valence electrons. The number of unbranched alkanes of at least 4 members (excludes halogenated alkanes) is 1. The highest BCUT2D eigenvalue weighted by Gasteiger charge is 2.22. The molecule has 1 unspecified atom stereocenters. The average Bonchev–Trinajstić information content (AvgIpc) is 2.12. The van der Waals surface area contributed by atoms with Gasteiger partial charge in [-0.2, -0.15) is 13.2 Å². The minimum atomic E-state index is -4.30. The van der Waals surface area contributed by atoms with E-state index in [1.54, 1.807) is 12.2 Å². The van der Waals surface area contributed by atoms with Gasteiger partial charge in [0.1, 0.15) is 6.10 Å². The lowest BCUT2D eigenvalue weighted by atomic mass is 10.1. The van der Waals surface area contributed by atoms with E-state index in [-0.39, 0.29) is 12.2 Å². The summed E-state index contributed by atoms with van der Waals surface area (Å²) in [5.74, 6) is 0. The second-order valence-electron chi connectivity index (χ2n) is 3.19. The molecule has 0 aliphatic heterocycles. The number of alkyl halides is 3. The van der Waals surface area contributed by atoms with Crippen LogP contribution in [0.15, 0.2) is 24.5 Å². The van der Waals surface area contributed by atoms with Crippen LogP contribution >= 0.6 is 0 Å². The summed E-state index contributed by atoms with van der Waals surface area (Å²) in [4.78, 5) is 0. The lowest BCUT2D eigenvalue weighted by Crippen LogP contribution is -2.07. The van der Waals surface area contributed by atoms with Gasteiger partial charge in [-0.05, 0) is 25.8 Å². The maximum atomic E-state index is 11.8. The van der Waals surface area contributed by atoms with E-state index < -0.39 is 6.18 Å². The van der Waals surface area contributed by atoms with Crippen molar-refractivity contribution in [2.24, 2.45) is 0 Å². The molecule has 0 saturated carbocycles. The predicted molar refractivity (Wildman–Crippen MR) is 54.4 cm³/mol. The molecule has 0 radical (unpaired) electrons. The van der Waals surface area contributed by atoms with Crippen LogP contribution in [-0.2, 0) is 4.74 Å². The van der Waals surface area contributed by atoms with Crippen LogP contribution in [0, 0.1) is 0 Å². The van der Waals surface area contributed by atoms with Gasteiger partial charge in [-0.3, -0.25) is 0 Å². The fourth-order valence-electron chi connectivity index (χ4n) is 1.05. The molecule has 0 saturated heterocycles. The molecule has 0 rings (SSSR count). The van der Waals surface area contributed by atoms with Crippen LogP contribution in [0.25, 0.3) is 0 Å². The highest BCUT2D eigenvalue weighted by Crippen LogP contribution is 2.16. The van der Waals surface area contributed by atoms with Gasteiger partial charge in [-0.15, -0.1) is 0 Å². The molecule has 0 bridgehead atoms. The summed E-state index contributed by atoms with van der Waals surface area (Å²) in [5, 5.41) is 0. The smallest absolute Gasteiger partial charge is 0.412 e. The Balaban J connectivity index is 4.00. The van der Waals surface area contributed by atoms with Crippen molar-refractivity contribution in [3.8, 4) is 0 Å². The highest BCUT2D eigenvalue weighted by molar-refractivity contribution is 4.90. The van der Waals surface area contributed by atoms with Gasteiger partial charge in [-0.25, -0.2) is 0 Å². The van der Waals surface area contributed by atoms with Crippen LogP contribution < -0.4 is 0 Å². The van der Waals surface area contributed by atoms with Crippen LogP contribution in [0.5, 0.6) is 0 Å².